The summed E-state index contributed by atoms with van der Waals surface area (Å²) in [5.41, 5.74) is 1.61. The number of carbonyl (C=O) groups excluding carboxylic acids is 1. The minimum atomic E-state index is -0.211. The van der Waals surface area contributed by atoms with Crippen LogP contribution in [-0.4, -0.2) is 25.8 Å². The van der Waals surface area contributed by atoms with Crippen LogP contribution >= 0.6 is 11.6 Å². The highest BCUT2D eigenvalue weighted by atomic mass is 35.5. The quantitative estimate of drug-likeness (QED) is 0.756. The van der Waals surface area contributed by atoms with E-state index in [1.54, 1.807) is 6.07 Å². The van der Waals surface area contributed by atoms with Crippen LogP contribution in [0.1, 0.15) is 24.8 Å². The first-order valence-corrected chi connectivity index (χ1v) is 7.42. The maximum absolute atomic E-state index is 11.7. The molecule has 1 fully saturated rings. The first kappa shape index (κ1) is 15.1. The summed E-state index contributed by atoms with van der Waals surface area (Å²) < 4.78 is 5.50. The highest BCUT2D eigenvalue weighted by molar-refractivity contribution is 6.31. The van der Waals surface area contributed by atoms with E-state index < -0.39 is 0 Å². The zero-order chi connectivity index (χ0) is 14.4. The summed E-state index contributed by atoms with van der Waals surface area (Å²) in [7, 11) is 0. The number of benzene rings is 1. The van der Waals surface area contributed by atoms with Crippen molar-refractivity contribution >= 4 is 23.3 Å². The van der Waals surface area contributed by atoms with Crippen molar-refractivity contribution in [3.8, 4) is 0 Å². The molecule has 1 aromatic carbocycles. The second kappa shape index (κ2) is 7.50. The number of hydrogen-bond acceptors (Lipinski definition) is 2. The lowest BCUT2D eigenvalue weighted by molar-refractivity contribution is 0.122. The molecule has 1 aliphatic rings. The summed E-state index contributed by atoms with van der Waals surface area (Å²) in [4.78, 5) is 11.7. The summed E-state index contributed by atoms with van der Waals surface area (Å²) in [6.45, 7) is 4.06. The maximum atomic E-state index is 11.7. The van der Waals surface area contributed by atoms with Gasteiger partial charge in [0.2, 0.25) is 0 Å². The Morgan fingerprint density at radius 3 is 3.00 bits per heavy atom. The molecule has 1 aliphatic carbocycles. The molecule has 2 N–H and O–H groups in total. The normalized spacial score (nSPS) is 14.1. The Labute approximate surface area is 124 Å². The predicted octanol–water partition coefficient (Wildman–Crippen LogP) is 3.59. The topological polar surface area (TPSA) is 50.4 Å². The standard InChI is InChI=1S/C15H21ClN2O2/c1-11-13(16)4-2-5-14(11)18-15(19)17-8-3-9-20-10-12-6-7-12/h2,4-5,12H,3,6-10H2,1H3,(H2,17,18,19). The zero-order valence-electron chi connectivity index (χ0n) is 11.7. The fraction of sp³-hybridized carbons (Fsp3) is 0.533. The van der Waals surface area contributed by atoms with E-state index in [0.717, 1.165) is 30.2 Å². The Hall–Kier alpha value is -1.26. The SMILES string of the molecule is Cc1c(Cl)cccc1NC(=O)NCCCOCC1CC1. The lowest BCUT2D eigenvalue weighted by Gasteiger charge is -2.10. The molecule has 0 aromatic heterocycles. The van der Waals surface area contributed by atoms with E-state index in [4.69, 9.17) is 16.3 Å². The summed E-state index contributed by atoms with van der Waals surface area (Å²) in [5, 5.41) is 6.25. The lowest BCUT2D eigenvalue weighted by atomic mass is 10.2. The number of amides is 2. The van der Waals surface area contributed by atoms with Crippen molar-refractivity contribution in [1.29, 1.82) is 0 Å². The average Bonchev–Trinajstić information content (AvgIpc) is 3.23. The third-order valence-electron chi connectivity index (χ3n) is 3.32. The van der Waals surface area contributed by atoms with Crippen molar-refractivity contribution in [3.05, 3.63) is 28.8 Å². The van der Waals surface area contributed by atoms with Crippen LogP contribution in [0.4, 0.5) is 10.5 Å². The van der Waals surface area contributed by atoms with E-state index in [9.17, 15) is 4.79 Å². The number of anilines is 1. The lowest BCUT2D eigenvalue weighted by Crippen LogP contribution is -2.30. The molecular weight excluding hydrogens is 276 g/mol. The van der Waals surface area contributed by atoms with E-state index >= 15 is 0 Å². The van der Waals surface area contributed by atoms with Crippen molar-refractivity contribution in [2.24, 2.45) is 5.92 Å². The monoisotopic (exact) mass is 296 g/mol. The van der Waals surface area contributed by atoms with Crippen molar-refractivity contribution < 1.29 is 9.53 Å². The molecule has 110 valence electrons. The van der Waals surface area contributed by atoms with Crippen molar-refractivity contribution in [2.45, 2.75) is 26.2 Å². The van der Waals surface area contributed by atoms with Gasteiger partial charge in [0.1, 0.15) is 0 Å². The molecule has 2 rings (SSSR count). The van der Waals surface area contributed by atoms with Crippen LogP contribution in [0.25, 0.3) is 0 Å². The molecule has 0 saturated heterocycles. The van der Waals surface area contributed by atoms with Gasteiger partial charge in [0.15, 0.2) is 0 Å². The Morgan fingerprint density at radius 2 is 2.25 bits per heavy atom. The fourth-order valence-electron chi connectivity index (χ4n) is 1.82. The molecule has 2 amide bonds. The second-order valence-corrected chi connectivity index (χ2v) is 5.57. The molecule has 1 aromatic rings. The van der Waals surface area contributed by atoms with Gasteiger partial charge < -0.3 is 15.4 Å². The molecule has 1 saturated carbocycles. The Bertz CT molecular complexity index is 461. The van der Waals surface area contributed by atoms with E-state index in [0.29, 0.717) is 18.2 Å². The van der Waals surface area contributed by atoms with Crippen LogP contribution in [0.3, 0.4) is 0 Å². The van der Waals surface area contributed by atoms with Gasteiger partial charge in [-0.1, -0.05) is 17.7 Å². The van der Waals surface area contributed by atoms with Crippen LogP contribution in [0.5, 0.6) is 0 Å². The van der Waals surface area contributed by atoms with Gasteiger partial charge in [0.05, 0.1) is 0 Å². The molecule has 0 bridgehead atoms. The van der Waals surface area contributed by atoms with Gasteiger partial charge in [0.25, 0.3) is 0 Å². The minimum Gasteiger partial charge on any atom is -0.381 e. The smallest absolute Gasteiger partial charge is 0.319 e. The van der Waals surface area contributed by atoms with E-state index in [2.05, 4.69) is 10.6 Å². The van der Waals surface area contributed by atoms with Gasteiger partial charge in [-0.2, -0.15) is 0 Å². The van der Waals surface area contributed by atoms with E-state index in [-0.39, 0.29) is 6.03 Å². The number of halogens is 1. The first-order valence-electron chi connectivity index (χ1n) is 7.04. The number of carbonyl (C=O) groups is 1. The number of nitrogens with one attached hydrogen (secondary N) is 2. The molecule has 0 spiro atoms. The Kier molecular flexibility index (Phi) is 5.68. The predicted molar refractivity (Wildman–Crippen MR) is 81.4 cm³/mol. The van der Waals surface area contributed by atoms with Gasteiger partial charge in [-0.15, -0.1) is 0 Å². The van der Waals surface area contributed by atoms with Gasteiger partial charge >= 0.3 is 6.03 Å². The number of hydrogen-bond donors (Lipinski definition) is 2. The van der Waals surface area contributed by atoms with Crippen LogP contribution in [0.2, 0.25) is 5.02 Å². The molecule has 0 radical (unpaired) electrons. The molecular formula is C15H21ClN2O2. The Balaban J connectivity index is 1.60. The summed E-state index contributed by atoms with van der Waals surface area (Å²) in [5.74, 6) is 0.789. The van der Waals surface area contributed by atoms with Crippen molar-refractivity contribution in [1.82, 2.24) is 5.32 Å². The highest BCUT2D eigenvalue weighted by Gasteiger charge is 2.20. The summed E-state index contributed by atoms with van der Waals surface area (Å²) >= 11 is 6.00. The third-order valence-corrected chi connectivity index (χ3v) is 3.73. The molecule has 0 aliphatic heterocycles. The molecule has 20 heavy (non-hydrogen) atoms. The van der Waals surface area contributed by atoms with Gasteiger partial charge in [-0.3, -0.25) is 0 Å². The summed E-state index contributed by atoms with van der Waals surface area (Å²) in [6, 6.07) is 5.24. The average molecular weight is 297 g/mol. The van der Waals surface area contributed by atoms with Crippen LogP contribution in [0, 0.1) is 12.8 Å². The number of urea groups is 1. The van der Waals surface area contributed by atoms with E-state index in [1.807, 2.05) is 19.1 Å². The van der Waals surface area contributed by atoms with Gasteiger partial charge in [-0.05, 0) is 49.8 Å². The maximum Gasteiger partial charge on any atom is 0.319 e. The largest absolute Gasteiger partial charge is 0.381 e. The molecule has 0 atom stereocenters. The summed E-state index contributed by atoms with van der Waals surface area (Å²) in [6.07, 6.45) is 3.44. The molecule has 4 nitrogen and oxygen atoms in total. The minimum absolute atomic E-state index is 0.211. The third kappa shape index (κ3) is 5.02. The molecule has 0 heterocycles. The van der Waals surface area contributed by atoms with Gasteiger partial charge in [-0.25, -0.2) is 4.79 Å². The van der Waals surface area contributed by atoms with Crippen LogP contribution in [-0.2, 0) is 4.74 Å². The number of rotatable bonds is 7. The fourth-order valence-corrected chi connectivity index (χ4v) is 1.99. The molecule has 5 heteroatoms. The number of ether oxygens (including phenoxy) is 1. The van der Waals surface area contributed by atoms with E-state index in [1.165, 1.54) is 12.8 Å². The first-order chi connectivity index (χ1) is 9.66. The van der Waals surface area contributed by atoms with Crippen molar-refractivity contribution in [2.75, 3.05) is 25.1 Å². The van der Waals surface area contributed by atoms with Crippen molar-refractivity contribution in [3.63, 3.8) is 0 Å². The van der Waals surface area contributed by atoms with Gasteiger partial charge in [0, 0.05) is 30.5 Å². The highest BCUT2D eigenvalue weighted by Crippen LogP contribution is 2.28. The van der Waals surface area contributed by atoms with Crippen LogP contribution < -0.4 is 10.6 Å². The van der Waals surface area contributed by atoms with Crippen LogP contribution in [0.15, 0.2) is 18.2 Å². The molecule has 0 unspecified atom stereocenters. The Morgan fingerprint density at radius 1 is 1.45 bits per heavy atom. The second-order valence-electron chi connectivity index (χ2n) is 5.17. The zero-order valence-corrected chi connectivity index (χ0v) is 12.5.